The summed E-state index contributed by atoms with van der Waals surface area (Å²) >= 11 is 0. The molecule has 0 amide bonds. The van der Waals surface area contributed by atoms with Gasteiger partial charge in [0.1, 0.15) is 46.6 Å². The van der Waals surface area contributed by atoms with Crippen molar-refractivity contribution in [2.75, 3.05) is 0 Å². The smallest absolute Gasteiger partial charge is 0.116 e. The molecule has 0 fully saturated rings. The predicted octanol–water partition coefficient (Wildman–Crippen LogP) is 2.44. The molecule has 4 N–H and O–H groups in total. The summed E-state index contributed by atoms with van der Waals surface area (Å²) in [5, 5.41) is 43.6. The molecule has 0 rings (SSSR count). The number of aliphatic hydroxyl groups is 4. The van der Waals surface area contributed by atoms with E-state index in [1.807, 2.05) is 27.7 Å². The lowest BCUT2D eigenvalue weighted by atomic mass is 9.78. The molecule has 0 aliphatic carbocycles. The van der Waals surface area contributed by atoms with Gasteiger partial charge in [0.25, 0.3) is 0 Å². The van der Waals surface area contributed by atoms with Crippen LogP contribution in [0.4, 0.5) is 0 Å². The molecular formula is C20H44NO4+. The highest BCUT2D eigenvalue weighted by molar-refractivity contribution is 4.93. The zero-order chi connectivity index (χ0) is 20.8. The van der Waals surface area contributed by atoms with Crippen LogP contribution in [-0.2, 0) is 0 Å². The van der Waals surface area contributed by atoms with Crippen molar-refractivity contribution in [2.45, 2.75) is 130 Å². The monoisotopic (exact) mass is 362 g/mol. The second kappa shape index (κ2) is 7.08. The fraction of sp³-hybridized carbons (Fsp3) is 1.00. The van der Waals surface area contributed by atoms with Gasteiger partial charge in [0.15, 0.2) is 0 Å². The van der Waals surface area contributed by atoms with E-state index >= 15 is 0 Å². The van der Waals surface area contributed by atoms with E-state index in [0.29, 0.717) is 0 Å². The van der Waals surface area contributed by atoms with Gasteiger partial charge in [-0.3, -0.25) is 0 Å². The minimum Gasteiger partial charge on any atom is -0.384 e. The van der Waals surface area contributed by atoms with Gasteiger partial charge >= 0.3 is 0 Å². The number of nitrogens with zero attached hydrogens (tertiary/aromatic N) is 1. The Balaban J connectivity index is 6.97. The maximum Gasteiger partial charge on any atom is 0.116 e. The summed E-state index contributed by atoms with van der Waals surface area (Å²) in [6.07, 6.45) is 0. The van der Waals surface area contributed by atoms with E-state index in [-0.39, 0.29) is 28.7 Å². The SMILES string of the molecule is CC(C(C)(C)O)[N+](C(C)C(C)(C)O)(C(C)C(C)(C)O)C(C)C(C)(C)O. The normalized spacial score (nSPS) is 22.1. The first-order valence-corrected chi connectivity index (χ1v) is 9.39. The molecule has 4 unspecified atom stereocenters. The van der Waals surface area contributed by atoms with Crippen LogP contribution in [0.5, 0.6) is 0 Å². The molecule has 25 heavy (non-hydrogen) atoms. The Morgan fingerprint density at radius 1 is 0.440 bits per heavy atom. The molecule has 4 atom stereocenters. The van der Waals surface area contributed by atoms with Crippen LogP contribution in [0, 0.1) is 0 Å². The second-order valence-corrected chi connectivity index (χ2v) is 10.2. The Morgan fingerprint density at radius 2 is 0.560 bits per heavy atom. The quantitative estimate of drug-likeness (QED) is 0.500. The van der Waals surface area contributed by atoms with Gasteiger partial charge in [-0.25, -0.2) is 0 Å². The number of rotatable bonds is 8. The standard InChI is InChI=1S/C20H44NO4/c1-13(17(5,6)22)21(14(2)18(7,8)23,15(3)19(9,10)24)16(4)20(11,12)25/h13-16,22-25H,1-12H3/q+1. The molecule has 152 valence electrons. The lowest BCUT2D eigenvalue weighted by Crippen LogP contribution is -2.81. The third-order valence-electron chi connectivity index (χ3n) is 6.77. The van der Waals surface area contributed by atoms with Crippen molar-refractivity contribution in [1.29, 1.82) is 0 Å². The van der Waals surface area contributed by atoms with Gasteiger partial charge in [-0.15, -0.1) is 0 Å². The molecule has 0 aliphatic heterocycles. The van der Waals surface area contributed by atoms with Crippen molar-refractivity contribution in [3.63, 3.8) is 0 Å². The van der Waals surface area contributed by atoms with Crippen molar-refractivity contribution in [3.05, 3.63) is 0 Å². The Hall–Kier alpha value is -0.200. The van der Waals surface area contributed by atoms with Gasteiger partial charge in [-0.2, -0.15) is 0 Å². The van der Waals surface area contributed by atoms with Crippen molar-refractivity contribution >= 4 is 0 Å². The first-order chi connectivity index (χ1) is 10.6. The first kappa shape index (κ1) is 24.8. The lowest BCUT2D eigenvalue weighted by Gasteiger charge is -2.63. The maximum absolute atomic E-state index is 10.9. The second-order valence-electron chi connectivity index (χ2n) is 10.2. The highest BCUT2D eigenvalue weighted by atomic mass is 16.3. The maximum atomic E-state index is 10.9. The van der Waals surface area contributed by atoms with Crippen LogP contribution < -0.4 is 0 Å². The Morgan fingerprint density at radius 3 is 0.640 bits per heavy atom. The first-order valence-electron chi connectivity index (χ1n) is 9.39. The molecule has 0 heterocycles. The van der Waals surface area contributed by atoms with Gasteiger partial charge in [-0.1, -0.05) is 0 Å². The highest BCUT2D eigenvalue weighted by Crippen LogP contribution is 2.43. The van der Waals surface area contributed by atoms with E-state index in [0.717, 1.165) is 0 Å². The third kappa shape index (κ3) is 4.95. The van der Waals surface area contributed by atoms with Gasteiger partial charge in [-0.05, 0) is 83.1 Å². The van der Waals surface area contributed by atoms with E-state index in [1.165, 1.54) is 0 Å². The number of hydrogen-bond donors (Lipinski definition) is 4. The van der Waals surface area contributed by atoms with E-state index in [2.05, 4.69) is 0 Å². The molecule has 0 aromatic heterocycles. The van der Waals surface area contributed by atoms with Gasteiger partial charge < -0.3 is 24.9 Å². The summed E-state index contributed by atoms with van der Waals surface area (Å²) in [4.78, 5) is 0. The van der Waals surface area contributed by atoms with Crippen molar-refractivity contribution in [1.82, 2.24) is 0 Å². The Bertz CT molecular complexity index is 349. The summed E-state index contributed by atoms with van der Waals surface area (Å²) in [7, 11) is 0. The molecule has 5 heteroatoms. The zero-order valence-electron chi connectivity index (χ0n) is 18.5. The van der Waals surface area contributed by atoms with E-state index < -0.39 is 22.4 Å². The molecule has 5 nitrogen and oxygen atoms in total. The van der Waals surface area contributed by atoms with Crippen molar-refractivity contribution < 1.29 is 24.9 Å². The minimum absolute atomic E-state index is 0.181. The van der Waals surface area contributed by atoms with Gasteiger partial charge in [0.2, 0.25) is 0 Å². The molecular weight excluding hydrogens is 318 g/mol. The summed E-state index contributed by atoms with van der Waals surface area (Å²) in [5.74, 6) is 0. The average Bonchev–Trinajstić information content (AvgIpc) is 2.34. The molecule has 0 bridgehead atoms. The number of hydrogen-bond acceptors (Lipinski definition) is 4. The number of quaternary nitrogens is 1. The lowest BCUT2D eigenvalue weighted by molar-refractivity contribution is -1.03. The summed E-state index contributed by atoms with van der Waals surface area (Å²) in [5.41, 5.74) is -4.28. The molecule has 0 radical (unpaired) electrons. The highest BCUT2D eigenvalue weighted by Gasteiger charge is 2.61. The third-order valence-corrected chi connectivity index (χ3v) is 6.77. The van der Waals surface area contributed by atoms with E-state index in [9.17, 15) is 20.4 Å². The predicted molar refractivity (Wildman–Crippen MR) is 103 cm³/mol. The summed E-state index contributed by atoms with van der Waals surface area (Å²) < 4.78 is 0.181. The minimum atomic E-state index is -1.07. The van der Waals surface area contributed by atoms with Gasteiger partial charge in [0.05, 0.1) is 0 Å². The fourth-order valence-corrected chi connectivity index (χ4v) is 4.20. The van der Waals surface area contributed by atoms with Crippen LogP contribution in [-0.4, -0.2) is 71.5 Å². The zero-order valence-corrected chi connectivity index (χ0v) is 18.5. The Kier molecular flexibility index (Phi) is 7.02. The van der Waals surface area contributed by atoms with Crippen LogP contribution in [0.2, 0.25) is 0 Å². The van der Waals surface area contributed by atoms with Crippen LogP contribution in [0.25, 0.3) is 0 Å². The van der Waals surface area contributed by atoms with Crippen molar-refractivity contribution in [2.24, 2.45) is 0 Å². The molecule has 0 aromatic carbocycles. The fourth-order valence-electron chi connectivity index (χ4n) is 4.20. The summed E-state index contributed by atoms with van der Waals surface area (Å²) in [6, 6.07) is -1.40. The summed E-state index contributed by atoms with van der Waals surface area (Å²) in [6.45, 7) is 21.7. The molecule has 0 saturated carbocycles. The van der Waals surface area contributed by atoms with Crippen LogP contribution in [0.1, 0.15) is 83.1 Å². The van der Waals surface area contributed by atoms with Gasteiger partial charge in [0, 0.05) is 0 Å². The molecule has 0 aliphatic rings. The van der Waals surface area contributed by atoms with Crippen LogP contribution >= 0.6 is 0 Å². The largest absolute Gasteiger partial charge is 0.384 e. The van der Waals surface area contributed by atoms with Crippen LogP contribution in [0.15, 0.2) is 0 Å². The van der Waals surface area contributed by atoms with Crippen molar-refractivity contribution in [3.8, 4) is 0 Å². The van der Waals surface area contributed by atoms with E-state index in [1.54, 1.807) is 55.4 Å². The molecule has 0 spiro atoms. The average molecular weight is 363 g/mol. The molecule has 0 aromatic rings. The van der Waals surface area contributed by atoms with E-state index in [4.69, 9.17) is 0 Å². The Labute approximate surface area is 155 Å². The topological polar surface area (TPSA) is 80.9 Å². The van der Waals surface area contributed by atoms with Crippen LogP contribution in [0.3, 0.4) is 0 Å². The molecule has 0 saturated heterocycles.